The third-order valence-electron chi connectivity index (χ3n) is 7.04. The summed E-state index contributed by atoms with van der Waals surface area (Å²) in [5, 5.41) is 3.03. The highest BCUT2D eigenvalue weighted by Gasteiger charge is 2.47. The molecule has 1 fully saturated rings. The number of aromatic amines is 1. The number of nitrogens with zero attached hydrogens (tertiary/aromatic N) is 2. The van der Waals surface area contributed by atoms with Gasteiger partial charge in [-0.3, -0.25) is 9.59 Å². The molecule has 2 heterocycles. The lowest BCUT2D eigenvalue weighted by Gasteiger charge is -2.52. The monoisotopic (exact) mass is 472 g/mol. The Kier molecular flexibility index (Phi) is 8.35. The number of rotatable bonds is 12. The van der Waals surface area contributed by atoms with E-state index in [9.17, 15) is 9.59 Å². The fraction of sp³-hybridized carbons (Fsp3) is 0.414. The van der Waals surface area contributed by atoms with Crippen LogP contribution in [0.25, 0.3) is 0 Å². The van der Waals surface area contributed by atoms with Crippen molar-refractivity contribution in [3.63, 3.8) is 0 Å². The molecule has 6 nitrogen and oxygen atoms in total. The molecule has 1 aliphatic heterocycles. The fourth-order valence-corrected chi connectivity index (χ4v) is 5.04. The zero-order valence-corrected chi connectivity index (χ0v) is 20.6. The summed E-state index contributed by atoms with van der Waals surface area (Å²) in [6.45, 7) is 3.62. The topological polar surface area (TPSA) is 78.1 Å². The molecule has 1 saturated heterocycles. The van der Waals surface area contributed by atoms with Crippen LogP contribution in [-0.2, 0) is 27.8 Å². The number of carbonyl (C=O) groups excluding carboxylic acids is 2. The third kappa shape index (κ3) is 6.38. The van der Waals surface area contributed by atoms with E-state index in [0.29, 0.717) is 32.4 Å². The molecule has 1 aliphatic rings. The molecule has 35 heavy (non-hydrogen) atoms. The van der Waals surface area contributed by atoms with E-state index < -0.39 is 6.04 Å². The Bertz CT molecular complexity index is 1060. The molecule has 2 aromatic carbocycles. The van der Waals surface area contributed by atoms with Gasteiger partial charge in [-0.25, -0.2) is 4.98 Å². The number of hydrogen-bond donors (Lipinski definition) is 2. The van der Waals surface area contributed by atoms with Crippen molar-refractivity contribution in [3.8, 4) is 0 Å². The first-order valence-corrected chi connectivity index (χ1v) is 12.7. The van der Waals surface area contributed by atoms with Gasteiger partial charge < -0.3 is 15.2 Å². The zero-order valence-electron chi connectivity index (χ0n) is 20.6. The van der Waals surface area contributed by atoms with Crippen molar-refractivity contribution in [2.45, 2.75) is 63.3 Å². The van der Waals surface area contributed by atoms with Crippen LogP contribution in [0.15, 0.2) is 73.2 Å². The lowest BCUT2D eigenvalue weighted by atomic mass is 9.70. The molecule has 0 unspecified atom stereocenters. The smallest absolute Gasteiger partial charge is 0.245 e. The minimum absolute atomic E-state index is 0.00536. The van der Waals surface area contributed by atoms with Crippen molar-refractivity contribution in [1.29, 1.82) is 0 Å². The van der Waals surface area contributed by atoms with Gasteiger partial charge in [0, 0.05) is 43.2 Å². The van der Waals surface area contributed by atoms with Gasteiger partial charge in [-0.15, -0.1) is 0 Å². The number of carbonyl (C=O) groups is 2. The Morgan fingerprint density at radius 1 is 1.06 bits per heavy atom. The molecule has 4 rings (SSSR count). The molecule has 2 N–H and O–H groups in total. The number of likely N-dealkylation sites (tertiary alicyclic amines) is 1. The molecule has 0 radical (unpaired) electrons. The van der Waals surface area contributed by atoms with Crippen LogP contribution >= 0.6 is 0 Å². The predicted molar refractivity (Wildman–Crippen MR) is 138 cm³/mol. The second kappa shape index (κ2) is 11.8. The predicted octanol–water partition coefficient (Wildman–Crippen LogP) is 4.43. The van der Waals surface area contributed by atoms with E-state index >= 15 is 0 Å². The van der Waals surface area contributed by atoms with Crippen molar-refractivity contribution in [2.75, 3.05) is 13.1 Å². The van der Waals surface area contributed by atoms with E-state index in [4.69, 9.17) is 0 Å². The molecule has 0 spiro atoms. The van der Waals surface area contributed by atoms with Gasteiger partial charge >= 0.3 is 0 Å². The summed E-state index contributed by atoms with van der Waals surface area (Å²) in [5.74, 6) is -0.113. The van der Waals surface area contributed by atoms with E-state index in [1.165, 1.54) is 18.4 Å². The van der Waals surface area contributed by atoms with Crippen LogP contribution in [0.2, 0.25) is 0 Å². The number of H-pyrrole nitrogens is 1. The molecule has 2 amide bonds. The van der Waals surface area contributed by atoms with Crippen LogP contribution in [0.4, 0.5) is 0 Å². The Labute approximate surface area is 208 Å². The van der Waals surface area contributed by atoms with Crippen LogP contribution in [0.5, 0.6) is 0 Å². The van der Waals surface area contributed by atoms with E-state index in [2.05, 4.69) is 46.5 Å². The first-order chi connectivity index (χ1) is 17.1. The molecule has 0 saturated carbocycles. The Morgan fingerprint density at radius 3 is 2.43 bits per heavy atom. The van der Waals surface area contributed by atoms with Gasteiger partial charge in [0.2, 0.25) is 11.8 Å². The molecule has 0 aliphatic carbocycles. The minimum atomic E-state index is -0.573. The van der Waals surface area contributed by atoms with Gasteiger partial charge in [-0.2, -0.15) is 0 Å². The molecular formula is C29H36N4O2. The highest BCUT2D eigenvalue weighted by molar-refractivity contribution is 5.88. The molecule has 3 aromatic rings. The molecule has 1 aromatic heterocycles. The lowest BCUT2D eigenvalue weighted by Crippen LogP contribution is -2.64. The summed E-state index contributed by atoms with van der Waals surface area (Å²) in [6.07, 6.45) is 9.31. The van der Waals surface area contributed by atoms with Gasteiger partial charge in [0.15, 0.2) is 0 Å². The first kappa shape index (κ1) is 24.7. The van der Waals surface area contributed by atoms with Crippen molar-refractivity contribution >= 4 is 11.8 Å². The van der Waals surface area contributed by atoms with Crippen molar-refractivity contribution in [3.05, 3.63) is 90.0 Å². The quantitative estimate of drug-likeness (QED) is 0.383. The number of amides is 2. The zero-order chi connectivity index (χ0) is 24.5. The van der Waals surface area contributed by atoms with Gasteiger partial charge in [-0.05, 0) is 24.0 Å². The van der Waals surface area contributed by atoms with Crippen LogP contribution in [0.1, 0.15) is 55.8 Å². The summed E-state index contributed by atoms with van der Waals surface area (Å²) in [5.41, 5.74) is 3.27. The maximum atomic E-state index is 13.6. The van der Waals surface area contributed by atoms with Gasteiger partial charge in [-0.1, -0.05) is 86.8 Å². The highest BCUT2D eigenvalue weighted by atomic mass is 16.2. The lowest BCUT2D eigenvalue weighted by molar-refractivity contribution is -0.143. The largest absolute Gasteiger partial charge is 0.348 e. The maximum Gasteiger partial charge on any atom is 0.245 e. The maximum absolute atomic E-state index is 13.6. The summed E-state index contributed by atoms with van der Waals surface area (Å²) in [6, 6.07) is 19.9. The second-order valence-electron chi connectivity index (χ2n) is 9.68. The van der Waals surface area contributed by atoms with Gasteiger partial charge in [0.1, 0.15) is 6.04 Å². The SMILES string of the molecule is CCCCCC1(c2ccccc2)CN(C(=O)[C@@H](Cc2ccccc2)NC(=O)CCc2cnc[nH]2)C1. The minimum Gasteiger partial charge on any atom is -0.348 e. The Balaban J connectivity index is 1.44. The average molecular weight is 473 g/mol. The Hall–Kier alpha value is -3.41. The summed E-state index contributed by atoms with van der Waals surface area (Å²) < 4.78 is 0. The molecule has 184 valence electrons. The number of aryl methyl sites for hydroxylation is 1. The average Bonchev–Trinajstić information content (AvgIpc) is 3.39. The van der Waals surface area contributed by atoms with Crippen molar-refractivity contribution in [1.82, 2.24) is 20.2 Å². The second-order valence-corrected chi connectivity index (χ2v) is 9.68. The summed E-state index contributed by atoms with van der Waals surface area (Å²) >= 11 is 0. The van der Waals surface area contributed by atoms with E-state index in [-0.39, 0.29) is 17.2 Å². The fourth-order valence-electron chi connectivity index (χ4n) is 5.04. The van der Waals surface area contributed by atoms with Crippen molar-refractivity contribution in [2.24, 2.45) is 0 Å². The number of hydrogen-bond acceptors (Lipinski definition) is 3. The molecule has 1 atom stereocenters. The van der Waals surface area contributed by atoms with E-state index in [1.807, 2.05) is 41.3 Å². The number of aromatic nitrogens is 2. The van der Waals surface area contributed by atoms with E-state index in [0.717, 1.165) is 24.1 Å². The van der Waals surface area contributed by atoms with Crippen molar-refractivity contribution < 1.29 is 9.59 Å². The molecule has 0 bridgehead atoms. The Morgan fingerprint density at radius 2 is 1.77 bits per heavy atom. The van der Waals surface area contributed by atoms with Crippen LogP contribution < -0.4 is 5.32 Å². The molecular weight excluding hydrogens is 436 g/mol. The van der Waals surface area contributed by atoms with E-state index in [1.54, 1.807) is 12.5 Å². The highest BCUT2D eigenvalue weighted by Crippen LogP contribution is 2.39. The number of unbranched alkanes of at least 4 members (excludes halogenated alkanes) is 2. The number of benzene rings is 2. The van der Waals surface area contributed by atoms with Crippen LogP contribution in [0.3, 0.4) is 0 Å². The third-order valence-corrected chi connectivity index (χ3v) is 7.04. The normalized spacial score (nSPS) is 15.3. The van der Waals surface area contributed by atoms with Gasteiger partial charge in [0.05, 0.1) is 6.33 Å². The summed E-state index contributed by atoms with van der Waals surface area (Å²) in [4.78, 5) is 35.4. The number of imidazole rings is 1. The molecule has 6 heteroatoms. The first-order valence-electron chi connectivity index (χ1n) is 12.7. The van der Waals surface area contributed by atoms with Crippen LogP contribution in [0, 0.1) is 0 Å². The standard InChI is InChI=1S/C29H36N4O2/c1-2-3-10-17-29(24-13-8-5-9-14-24)20-33(21-29)28(35)26(18-23-11-6-4-7-12-23)32-27(34)16-15-25-19-30-22-31-25/h4-9,11-14,19,22,26H,2-3,10,15-18,20-21H2,1H3,(H,30,31)(H,32,34)/t26-/m1/s1. The van der Waals surface area contributed by atoms with Crippen LogP contribution in [-0.4, -0.2) is 45.8 Å². The van der Waals surface area contributed by atoms with Gasteiger partial charge in [0.25, 0.3) is 0 Å². The number of nitrogens with one attached hydrogen (secondary N) is 2. The summed E-state index contributed by atoms with van der Waals surface area (Å²) in [7, 11) is 0.